The Labute approximate surface area is 288 Å². The fourth-order valence-electron chi connectivity index (χ4n) is 5.04. The fraction of sp³-hybridized carbons (Fsp3) is 0.308. The number of halogens is 1. The SMILES string of the molecule is CCOC(=O)CCCN(C(=O)c1ccc(-c2ccccc2)cc1)c1ccc(Cl)cc1Oc1cccc(C(C)(C)NC(=O)OC(C)(C)C)c1. The number of nitrogens with zero attached hydrogens (tertiary/aromatic N) is 1. The van der Waals surface area contributed by atoms with Crippen LogP contribution in [0.5, 0.6) is 11.5 Å². The summed E-state index contributed by atoms with van der Waals surface area (Å²) < 4.78 is 17.0. The van der Waals surface area contributed by atoms with Crippen LogP contribution in [0.2, 0.25) is 5.02 Å². The zero-order valence-electron chi connectivity index (χ0n) is 28.3. The van der Waals surface area contributed by atoms with Gasteiger partial charge in [0.15, 0.2) is 5.75 Å². The fourth-order valence-corrected chi connectivity index (χ4v) is 5.20. The number of rotatable bonds is 12. The van der Waals surface area contributed by atoms with Gasteiger partial charge in [0, 0.05) is 29.6 Å². The van der Waals surface area contributed by atoms with Gasteiger partial charge in [0.1, 0.15) is 11.4 Å². The third kappa shape index (κ3) is 10.1. The van der Waals surface area contributed by atoms with E-state index in [4.69, 9.17) is 25.8 Å². The van der Waals surface area contributed by atoms with E-state index in [1.54, 1.807) is 69.0 Å². The van der Waals surface area contributed by atoms with E-state index < -0.39 is 17.2 Å². The number of hydrogen-bond donors (Lipinski definition) is 1. The summed E-state index contributed by atoms with van der Waals surface area (Å²) in [5.74, 6) is 0.232. The molecule has 2 amide bonds. The number of benzene rings is 4. The molecule has 0 saturated heterocycles. The highest BCUT2D eigenvalue weighted by molar-refractivity contribution is 6.30. The second kappa shape index (κ2) is 15.8. The third-order valence-corrected chi connectivity index (χ3v) is 7.60. The molecule has 0 spiro atoms. The Balaban J connectivity index is 1.65. The Bertz CT molecular complexity index is 1710. The minimum absolute atomic E-state index is 0.149. The normalized spacial score (nSPS) is 11.4. The van der Waals surface area contributed by atoms with Crippen LogP contribution in [0.15, 0.2) is 97.1 Å². The molecular weight excluding hydrogens is 628 g/mol. The van der Waals surface area contributed by atoms with Crippen LogP contribution < -0.4 is 15.0 Å². The van der Waals surface area contributed by atoms with E-state index in [1.165, 1.54) is 0 Å². The second-order valence-electron chi connectivity index (χ2n) is 12.8. The predicted octanol–water partition coefficient (Wildman–Crippen LogP) is 9.55. The van der Waals surface area contributed by atoms with Crippen LogP contribution in [0.25, 0.3) is 11.1 Å². The highest BCUT2D eigenvalue weighted by atomic mass is 35.5. The minimum Gasteiger partial charge on any atom is -0.466 e. The summed E-state index contributed by atoms with van der Waals surface area (Å²) in [5, 5.41) is 3.34. The summed E-state index contributed by atoms with van der Waals surface area (Å²) in [4.78, 5) is 40.5. The molecule has 252 valence electrons. The van der Waals surface area contributed by atoms with Crippen LogP contribution in [-0.4, -0.2) is 36.7 Å². The molecule has 0 aliphatic rings. The van der Waals surface area contributed by atoms with Gasteiger partial charge in [0.05, 0.1) is 17.8 Å². The molecule has 0 heterocycles. The zero-order valence-corrected chi connectivity index (χ0v) is 29.1. The number of carbonyl (C=O) groups is 3. The van der Waals surface area contributed by atoms with E-state index >= 15 is 0 Å². The first kappa shape index (κ1) is 36.0. The smallest absolute Gasteiger partial charge is 0.408 e. The van der Waals surface area contributed by atoms with Gasteiger partial charge in [-0.1, -0.05) is 66.2 Å². The Hall–Kier alpha value is -4.82. The number of carbonyl (C=O) groups excluding carboxylic acids is 3. The van der Waals surface area contributed by atoms with Gasteiger partial charge in [0.2, 0.25) is 0 Å². The summed E-state index contributed by atoms with van der Waals surface area (Å²) in [5.41, 5.74) is 2.33. The van der Waals surface area contributed by atoms with Crippen molar-refractivity contribution in [2.75, 3.05) is 18.1 Å². The second-order valence-corrected chi connectivity index (χ2v) is 13.2. The van der Waals surface area contributed by atoms with Gasteiger partial charge in [-0.25, -0.2) is 4.79 Å². The number of esters is 1. The lowest BCUT2D eigenvalue weighted by molar-refractivity contribution is -0.143. The molecular formula is C39H43ClN2O6. The molecule has 0 aliphatic heterocycles. The molecule has 48 heavy (non-hydrogen) atoms. The van der Waals surface area contributed by atoms with Crippen molar-refractivity contribution in [3.63, 3.8) is 0 Å². The van der Waals surface area contributed by atoms with Crippen molar-refractivity contribution in [1.29, 1.82) is 0 Å². The van der Waals surface area contributed by atoms with Crippen LogP contribution in [0, 0.1) is 0 Å². The highest BCUT2D eigenvalue weighted by Gasteiger charge is 2.27. The van der Waals surface area contributed by atoms with E-state index in [2.05, 4.69) is 5.32 Å². The molecule has 0 unspecified atom stereocenters. The van der Waals surface area contributed by atoms with Crippen molar-refractivity contribution >= 4 is 35.3 Å². The Kier molecular flexibility index (Phi) is 11.9. The molecule has 1 N–H and O–H groups in total. The summed E-state index contributed by atoms with van der Waals surface area (Å²) in [6.07, 6.45) is -0.0186. The topological polar surface area (TPSA) is 94.2 Å². The molecule has 0 radical (unpaired) electrons. The van der Waals surface area contributed by atoms with E-state index in [0.717, 1.165) is 16.7 Å². The first-order chi connectivity index (χ1) is 22.8. The molecule has 0 bridgehead atoms. The maximum Gasteiger partial charge on any atom is 0.408 e. The van der Waals surface area contributed by atoms with E-state index in [9.17, 15) is 14.4 Å². The maximum atomic E-state index is 14.1. The molecule has 4 aromatic rings. The molecule has 0 aromatic heterocycles. The zero-order chi connectivity index (χ0) is 34.9. The molecule has 9 heteroatoms. The van der Waals surface area contributed by atoms with Gasteiger partial charge in [-0.05, 0) is 101 Å². The Morgan fingerprint density at radius 1 is 0.812 bits per heavy atom. The van der Waals surface area contributed by atoms with Gasteiger partial charge < -0.3 is 24.4 Å². The van der Waals surface area contributed by atoms with Crippen molar-refractivity contribution in [3.8, 4) is 22.6 Å². The van der Waals surface area contributed by atoms with Crippen LogP contribution in [0.3, 0.4) is 0 Å². The first-order valence-electron chi connectivity index (χ1n) is 16.0. The quantitative estimate of drug-likeness (QED) is 0.151. The molecule has 4 aromatic carbocycles. The monoisotopic (exact) mass is 670 g/mol. The summed E-state index contributed by atoms with van der Waals surface area (Å²) in [6, 6.07) is 29.7. The molecule has 4 rings (SSSR count). The lowest BCUT2D eigenvalue weighted by Gasteiger charge is -2.29. The van der Waals surface area contributed by atoms with Gasteiger partial charge in [0.25, 0.3) is 5.91 Å². The number of ether oxygens (including phenoxy) is 3. The summed E-state index contributed by atoms with van der Waals surface area (Å²) >= 11 is 6.45. The Morgan fingerprint density at radius 2 is 1.50 bits per heavy atom. The number of nitrogens with one attached hydrogen (secondary N) is 1. The first-order valence-corrected chi connectivity index (χ1v) is 16.4. The standard InChI is InChI=1S/C39H43ClN2O6/c1-7-46-35(43)17-12-24-42(36(44)29-20-18-28(19-21-29)27-13-9-8-10-14-27)33-23-22-31(40)26-34(33)47-32-16-11-15-30(25-32)39(5,6)41-37(45)48-38(2,3)4/h8-11,13-16,18-23,25-26H,7,12,17,24H2,1-6H3,(H,41,45). The van der Waals surface area contributed by atoms with Crippen molar-refractivity contribution in [3.05, 3.63) is 113 Å². The predicted molar refractivity (Wildman–Crippen MR) is 190 cm³/mol. The average Bonchev–Trinajstić information content (AvgIpc) is 3.03. The van der Waals surface area contributed by atoms with Gasteiger partial charge in [-0.3, -0.25) is 9.59 Å². The van der Waals surface area contributed by atoms with Crippen molar-refractivity contribution < 1.29 is 28.6 Å². The van der Waals surface area contributed by atoms with Crippen LogP contribution in [-0.2, 0) is 19.8 Å². The lowest BCUT2D eigenvalue weighted by atomic mass is 9.94. The lowest BCUT2D eigenvalue weighted by Crippen LogP contribution is -2.43. The van der Waals surface area contributed by atoms with Gasteiger partial charge in [-0.15, -0.1) is 0 Å². The number of hydrogen-bond acceptors (Lipinski definition) is 6. The van der Waals surface area contributed by atoms with E-state index in [1.807, 2.05) is 74.5 Å². The third-order valence-electron chi connectivity index (χ3n) is 7.36. The van der Waals surface area contributed by atoms with Crippen molar-refractivity contribution in [2.45, 2.75) is 65.5 Å². The summed E-state index contributed by atoms with van der Waals surface area (Å²) in [7, 11) is 0. The van der Waals surface area contributed by atoms with Crippen LogP contribution >= 0.6 is 11.6 Å². The van der Waals surface area contributed by atoms with Crippen LogP contribution in [0.1, 0.15) is 70.3 Å². The van der Waals surface area contributed by atoms with Crippen LogP contribution in [0.4, 0.5) is 10.5 Å². The van der Waals surface area contributed by atoms with E-state index in [-0.39, 0.29) is 31.4 Å². The van der Waals surface area contributed by atoms with Gasteiger partial charge >= 0.3 is 12.1 Å². The number of amides is 2. The number of alkyl carbamates (subject to hydrolysis) is 1. The summed E-state index contributed by atoms with van der Waals surface area (Å²) in [6.45, 7) is 11.4. The maximum absolute atomic E-state index is 14.1. The average molecular weight is 671 g/mol. The Morgan fingerprint density at radius 3 is 2.17 bits per heavy atom. The largest absolute Gasteiger partial charge is 0.466 e. The van der Waals surface area contributed by atoms with Crippen molar-refractivity contribution in [2.24, 2.45) is 0 Å². The number of anilines is 1. The molecule has 8 nitrogen and oxygen atoms in total. The molecule has 0 aliphatic carbocycles. The van der Waals surface area contributed by atoms with Crippen molar-refractivity contribution in [1.82, 2.24) is 5.32 Å². The van der Waals surface area contributed by atoms with Gasteiger partial charge in [-0.2, -0.15) is 0 Å². The minimum atomic E-state index is -0.792. The van der Waals surface area contributed by atoms with E-state index in [0.29, 0.717) is 34.2 Å². The molecule has 0 atom stereocenters. The molecule has 0 fully saturated rings. The molecule has 0 saturated carbocycles. The highest BCUT2D eigenvalue weighted by Crippen LogP contribution is 2.37.